The molecule has 0 saturated carbocycles. The molecule has 1 nitrogen and oxygen atoms in total. The van der Waals surface area contributed by atoms with Crippen molar-refractivity contribution in [3.8, 4) is 0 Å². The van der Waals surface area contributed by atoms with Gasteiger partial charge in [-0.3, -0.25) is 0 Å². The van der Waals surface area contributed by atoms with Crippen LogP contribution in [0.1, 0.15) is 40.5 Å². The average Bonchev–Trinajstić information content (AvgIpc) is 2.38. The lowest BCUT2D eigenvalue weighted by atomic mass is 10.3. The first-order valence-electron chi connectivity index (χ1n) is 7.07. The second-order valence-corrected chi connectivity index (χ2v) is 8.36. The number of hydrogen-bond acceptors (Lipinski definition) is 1. The highest BCUT2D eigenvalue weighted by Gasteiger charge is 2.25. The van der Waals surface area contributed by atoms with E-state index in [1.165, 1.54) is 18.5 Å². The molecule has 102 valence electrons. The Kier molecular flexibility index (Phi) is 6.15. The minimum atomic E-state index is -0.0733. The molecule has 2 unspecified atom stereocenters. The molecule has 0 aromatic heterocycles. The van der Waals surface area contributed by atoms with E-state index >= 15 is 0 Å². The summed E-state index contributed by atoms with van der Waals surface area (Å²) in [5, 5.41) is 1.58. The third-order valence-electron chi connectivity index (χ3n) is 3.77. The highest BCUT2D eigenvalue weighted by atomic mass is 31.1. The lowest BCUT2D eigenvalue weighted by Crippen LogP contribution is -2.24. The van der Waals surface area contributed by atoms with Gasteiger partial charge in [0, 0.05) is 19.8 Å². The summed E-state index contributed by atoms with van der Waals surface area (Å²) in [7, 11) is 4.23. The molecule has 0 fully saturated rings. The van der Waals surface area contributed by atoms with Crippen LogP contribution in [0.5, 0.6) is 0 Å². The predicted molar refractivity (Wildman–Crippen MR) is 86.8 cm³/mol. The van der Waals surface area contributed by atoms with E-state index in [0.717, 1.165) is 11.3 Å². The zero-order valence-electron chi connectivity index (χ0n) is 12.8. The molecule has 0 heterocycles. The smallest absolute Gasteiger partial charge is 0.0439 e. The zero-order valence-corrected chi connectivity index (χ0v) is 13.7. The monoisotopic (exact) mass is 265 g/mol. The lowest BCUT2D eigenvalue weighted by molar-refractivity contribution is 0.839. The van der Waals surface area contributed by atoms with Gasteiger partial charge in [-0.1, -0.05) is 53.8 Å². The van der Waals surface area contributed by atoms with Gasteiger partial charge in [0.15, 0.2) is 0 Å². The summed E-state index contributed by atoms with van der Waals surface area (Å²) in [6.45, 7) is 9.48. The van der Waals surface area contributed by atoms with Gasteiger partial charge in [0.05, 0.1) is 0 Å². The first kappa shape index (κ1) is 15.5. The van der Waals surface area contributed by atoms with E-state index in [4.69, 9.17) is 0 Å². The van der Waals surface area contributed by atoms with Crippen LogP contribution in [0.2, 0.25) is 0 Å². The van der Waals surface area contributed by atoms with Crippen molar-refractivity contribution in [1.82, 2.24) is 0 Å². The van der Waals surface area contributed by atoms with Gasteiger partial charge in [0.1, 0.15) is 0 Å². The summed E-state index contributed by atoms with van der Waals surface area (Å²) < 4.78 is 0. The number of nitrogens with zero attached hydrogens (tertiary/aromatic N) is 1. The molecule has 0 bridgehead atoms. The quantitative estimate of drug-likeness (QED) is 0.687. The van der Waals surface area contributed by atoms with E-state index in [-0.39, 0.29) is 7.92 Å². The first-order chi connectivity index (χ1) is 8.52. The fourth-order valence-electron chi connectivity index (χ4n) is 2.36. The van der Waals surface area contributed by atoms with Crippen molar-refractivity contribution in [3.05, 3.63) is 24.3 Å². The molecule has 0 radical (unpaired) electrons. The summed E-state index contributed by atoms with van der Waals surface area (Å²) in [5.41, 5.74) is 3.01. The van der Waals surface area contributed by atoms with E-state index in [0.29, 0.717) is 0 Å². The molecule has 2 heteroatoms. The molecule has 0 saturated heterocycles. The summed E-state index contributed by atoms with van der Waals surface area (Å²) in [6, 6.07) is 8.96. The van der Waals surface area contributed by atoms with Crippen LogP contribution in [0.4, 0.5) is 5.69 Å². The largest absolute Gasteiger partial charge is 0.377 e. The molecule has 0 spiro atoms. The fraction of sp³-hybridized carbons (Fsp3) is 0.625. The van der Waals surface area contributed by atoms with Crippen LogP contribution in [0, 0.1) is 0 Å². The number of hydrogen-bond donors (Lipinski definition) is 0. The second kappa shape index (κ2) is 7.14. The maximum atomic E-state index is 2.42. The molecular formula is C16H28NP. The summed E-state index contributed by atoms with van der Waals surface area (Å²) in [4.78, 5) is 2.26. The number of para-hydroxylation sites is 1. The molecule has 1 aromatic carbocycles. The molecule has 1 aromatic rings. The van der Waals surface area contributed by atoms with E-state index < -0.39 is 0 Å². The maximum Gasteiger partial charge on any atom is 0.0439 e. The Balaban J connectivity index is 3.20. The van der Waals surface area contributed by atoms with E-state index in [1.54, 1.807) is 5.30 Å². The molecule has 2 atom stereocenters. The van der Waals surface area contributed by atoms with Crippen LogP contribution in [0.25, 0.3) is 0 Å². The minimum absolute atomic E-state index is 0.0733. The molecule has 0 N–H and O–H groups in total. The van der Waals surface area contributed by atoms with E-state index in [2.05, 4.69) is 71.0 Å². The maximum absolute atomic E-state index is 2.42. The van der Waals surface area contributed by atoms with Crippen molar-refractivity contribution in [3.63, 3.8) is 0 Å². The topological polar surface area (TPSA) is 3.24 Å². The van der Waals surface area contributed by atoms with Crippen molar-refractivity contribution in [2.75, 3.05) is 19.0 Å². The summed E-state index contributed by atoms with van der Waals surface area (Å²) >= 11 is 0. The Morgan fingerprint density at radius 1 is 1.00 bits per heavy atom. The Labute approximate surface area is 114 Å². The summed E-state index contributed by atoms with van der Waals surface area (Å²) in [6.07, 6.45) is 2.55. The Morgan fingerprint density at radius 3 is 1.94 bits per heavy atom. The standard InChI is InChI=1S/C16H28NP/c1-7-13(3)18(14(4)8-2)16-12-10-9-11-15(16)17(5)6/h9-14H,7-8H2,1-6H3. The van der Waals surface area contributed by atoms with Crippen molar-refractivity contribution >= 4 is 18.9 Å². The van der Waals surface area contributed by atoms with Crippen LogP contribution in [0.15, 0.2) is 24.3 Å². The summed E-state index contributed by atoms with van der Waals surface area (Å²) in [5.74, 6) is 0. The number of anilines is 1. The number of rotatable bonds is 6. The highest BCUT2D eigenvalue weighted by molar-refractivity contribution is 7.67. The molecule has 0 amide bonds. The SMILES string of the molecule is CCC(C)P(c1ccccc1N(C)C)C(C)CC. The van der Waals surface area contributed by atoms with E-state index in [1.807, 2.05) is 0 Å². The van der Waals surface area contributed by atoms with Gasteiger partial charge in [0.2, 0.25) is 0 Å². The van der Waals surface area contributed by atoms with Gasteiger partial charge in [-0.15, -0.1) is 0 Å². The van der Waals surface area contributed by atoms with Crippen molar-refractivity contribution in [2.45, 2.75) is 51.9 Å². The van der Waals surface area contributed by atoms with Gasteiger partial charge in [-0.2, -0.15) is 0 Å². The Morgan fingerprint density at radius 2 is 1.50 bits per heavy atom. The van der Waals surface area contributed by atoms with Crippen LogP contribution in [-0.2, 0) is 0 Å². The second-order valence-electron chi connectivity index (χ2n) is 5.30. The minimum Gasteiger partial charge on any atom is -0.377 e. The first-order valence-corrected chi connectivity index (χ1v) is 8.55. The fourth-order valence-corrected chi connectivity index (χ4v) is 5.77. The van der Waals surface area contributed by atoms with Crippen LogP contribution < -0.4 is 10.2 Å². The van der Waals surface area contributed by atoms with E-state index in [9.17, 15) is 0 Å². The lowest BCUT2D eigenvalue weighted by Gasteiger charge is -2.32. The van der Waals surface area contributed by atoms with Crippen molar-refractivity contribution in [2.24, 2.45) is 0 Å². The molecule has 0 aliphatic heterocycles. The molecule has 0 aliphatic rings. The van der Waals surface area contributed by atoms with Crippen molar-refractivity contribution in [1.29, 1.82) is 0 Å². The number of benzene rings is 1. The predicted octanol–water partition coefficient (Wildman–Crippen LogP) is 4.46. The molecule has 18 heavy (non-hydrogen) atoms. The third kappa shape index (κ3) is 3.48. The highest BCUT2D eigenvalue weighted by Crippen LogP contribution is 2.49. The molecule has 1 rings (SSSR count). The third-order valence-corrected chi connectivity index (χ3v) is 7.34. The van der Waals surface area contributed by atoms with Crippen LogP contribution in [-0.4, -0.2) is 25.4 Å². The Bertz CT molecular complexity index is 352. The normalized spacial score (nSPS) is 16.1. The molecule has 0 aliphatic carbocycles. The average molecular weight is 265 g/mol. The van der Waals surface area contributed by atoms with Crippen molar-refractivity contribution < 1.29 is 0 Å². The molecular weight excluding hydrogens is 237 g/mol. The van der Waals surface area contributed by atoms with Crippen LogP contribution >= 0.6 is 7.92 Å². The van der Waals surface area contributed by atoms with Gasteiger partial charge in [-0.05, 0) is 35.5 Å². The van der Waals surface area contributed by atoms with Gasteiger partial charge in [0.25, 0.3) is 0 Å². The van der Waals surface area contributed by atoms with Gasteiger partial charge >= 0.3 is 0 Å². The Hall–Kier alpha value is -0.550. The van der Waals surface area contributed by atoms with Gasteiger partial charge in [-0.25, -0.2) is 0 Å². The van der Waals surface area contributed by atoms with Gasteiger partial charge < -0.3 is 4.90 Å². The van der Waals surface area contributed by atoms with Crippen LogP contribution in [0.3, 0.4) is 0 Å². The zero-order chi connectivity index (χ0) is 13.7.